The molecule has 2 fully saturated rings. The number of carbonyl (C=O) groups is 1. The lowest BCUT2D eigenvalue weighted by Gasteiger charge is -2.40. The zero-order chi connectivity index (χ0) is 15.5. The fraction of sp³-hybridized carbons (Fsp3) is 0.588. The van der Waals surface area contributed by atoms with E-state index in [1.54, 1.807) is 0 Å². The summed E-state index contributed by atoms with van der Waals surface area (Å²) < 4.78 is 5.57. The summed E-state index contributed by atoms with van der Waals surface area (Å²) >= 11 is 6.16. The average molecular weight is 324 g/mol. The van der Waals surface area contributed by atoms with Gasteiger partial charge in [0.25, 0.3) is 0 Å². The zero-order valence-corrected chi connectivity index (χ0v) is 13.3. The first-order valence-corrected chi connectivity index (χ1v) is 8.33. The molecule has 4 nitrogen and oxygen atoms in total. The summed E-state index contributed by atoms with van der Waals surface area (Å²) in [4.78, 5) is 14.6. The number of benzene rings is 1. The number of ether oxygens (including phenoxy) is 1. The van der Waals surface area contributed by atoms with Crippen LogP contribution in [0.15, 0.2) is 24.3 Å². The molecule has 1 aromatic carbocycles. The molecule has 0 aromatic heterocycles. The highest BCUT2D eigenvalue weighted by Crippen LogP contribution is 2.32. The van der Waals surface area contributed by atoms with Crippen LogP contribution in [0.4, 0.5) is 0 Å². The van der Waals surface area contributed by atoms with Gasteiger partial charge in [0.15, 0.2) is 0 Å². The molecule has 1 N–H and O–H groups in total. The topological polar surface area (TPSA) is 49.8 Å². The average Bonchev–Trinajstić information content (AvgIpc) is 2.95. The van der Waals surface area contributed by atoms with Crippen molar-refractivity contribution >= 4 is 17.5 Å². The van der Waals surface area contributed by atoms with Gasteiger partial charge in [0.1, 0.15) is 0 Å². The molecule has 120 valence electrons. The van der Waals surface area contributed by atoms with Gasteiger partial charge in [-0.3, -0.25) is 4.79 Å². The molecule has 1 amide bonds. The van der Waals surface area contributed by atoms with Crippen LogP contribution in [0.1, 0.15) is 24.8 Å². The summed E-state index contributed by atoms with van der Waals surface area (Å²) in [7, 11) is 0. The number of hydrogen-bond donors (Lipinski definition) is 1. The van der Waals surface area contributed by atoms with E-state index in [2.05, 4.69) is 0 Å². The second kappa shape index (κ2) is 6.99. The van der Waals surface area contributed by atoms with Crippen molar-refractivity contribution in [1.29, 1.82) is 0 Å². The van der Waals surface area contributed by atoms with Gasteiger partial charge < -0.3 is 14.7 Å². The lowest BCUT2D eigenvalue weighted by molar-refractivity contribution is -0.143. The third-order valence-corrected chi connectivity index (χ3v) is 5.18. The molecule has 5 heteroatoms. The SMILES string of the molecule is O=C(Cc1ccccc1Cl)N1CCOC[C@@H]1[C@@H]1CCC[C@H]1O. The van der Waals surface area contributed by atoms with Gasteiger partial charge in [0, 0.05) is 17.5 Å². The summed E-state index contributed by atoms with van der Waals surface area (Å²) in [5.41, 5.74) is 0.853. The summed E-state index contributed by atoms with van der Waals surface area (Å²) in [5.74, 6) is 0.205. The largest absolute Gasteiger partial charge is 0.393 e. The monoisotopic (exact) mass is 323 g/mol. The number of carbonyl (C=O) groups excluding carboxylic acids is 1. The van der Waals surface area contributed by atoms with E-state index >= 15 is 0 Å². The number of nitrogens with zero attached hydrogens (tertiary/aromatic N) is 1. The van der Waals surface area contributed by atoms with Crippen LogP contribution in [0.25, 0.3) is 0 Å². The van der Waals surface area contributed by atoms with E-state index in [1.165, 1.54) is 0 Å². The molecule has 3 rings (SSSR count). The van der Waals surface area contributed by atoms with Crippen molar-refractivity contribution in [2.75, 3.05) is 19.8 Å². The Labute approximate surface area is 136 Å². The van der Waals surface area contributed by atoms with Crippen molar-refractivity contribution in [2.24, 2.45) is 5.92 Å². The molecule has 2 aliphatic rings. The van der Waals surface area contributed by atoms with Gasteiger partial charge in [-0.05, 0) is 24.5 Å². The standard InChI is InChI=1S/C17H22ClNO3/c18-14-6-2-1-4-12(14)10-17(21)19-8-9-22-11-15(19)13-5-3-7-16(13)20/h1-2,4,6,13,15-16,20H,3,5,7-11H2/t13-,15+,16+/m0/s1. The lowest BCUT2D eigenvalue weighted by atomic mass is 9.93. The van der Waals surface area contributed by atoms with E-state index in [1.807, 2.05) is 29.2 Å². The van der Waals surface area contributed by atoms with E-state index in [0.29, 0.717) is 31.2 Å². The minimum atomic E-state index is -0.317. The predicted octanol–water partition coefficient (Wildman–Crippen LogP) is 2.27. The van der Waals surface area contributed by atoms with E-state index in [0.717, 1.165) is 24.8 Å². The molecule has 1 aliphatic carbocycles. The number of aliphatic hydroxyl groups is 1. The number of morpholine rings is 1. The summed E-state index contributed by atoms with van der Waals surface area (Å²) in [6.07, 6.45) is 2.80. The maximum absolute atomic E-state index is 12.7. The van der Waals surface area contributed by atoms with Gasteiger partial charge in [0.2, 0.25) is 5.91 Å². The zero-order valence-electron chi connectivity index (χ0n) is 12.6. The third kappa shape index (κ3) is 3.29. The number of rotatable bonds is 3. The van der Waals surface area contributed by atoms with Crippen molar-refractivity contribution in [3.63, 3.8) is 0 Å². The van der Waals surface area contributed by atoms with Crippen molar-refractivity contribution < 1.29 is 14.6 Å². The molecule has 1 saturated heterocycles. The highest BCUT2D eigenvalue weighted by Gasteiger charge is 2.39. The Bertz CT molecular complexity index is 536. The molecular weight excluding hydrogens is 302 g/mol. The summed E-state index contributed by atoms with van der Waals surface area (Å²) in [6.45, 7) is 1.68. The summed E-state index contributed by atoms with van der Waals surface area (Å²) in [5, 5.41) is 10.8. The normalized spacial score (nSPS) is 28.8. The van der Waals surface area contributed by atoms with Crippen LogP contribution in [0.2, 0.25) is 5.02 Å². The molecule has 1 aliphatic heterocycles. The Hall–Kier alpha value is -1.10. The lowest BCUT2D eigenvalue weighted by Crippen LogP contribution is -2.54. The summed E-state index contributed by atoms with van der Waals surface area (Å²) in [6, 6.07) is 7.44. The fourth-order valence-electron chi connectivity index (χ4n) is 3.61. The van der Waals surface area contributed by atoms with Crippen molar-refractivity contribution in [2.45, 2.75) is 37.8 Å². The first-order valence-electron chi connectivity index (χ1n) is 7.95. The molecule has 22 heavy (non-hydrogen) atoms. The number of hydrogen-bond acceptors (Lipinski definition) is 3. The number of aliphatic hydroxyl groups excluding tert-OH is 1. The number of halogens is 1. The van der Waals surface area contributed by atoms with Gasteiger partial charge in [0.05, 0.1) is 31.8 Å². The molecule has 1 saturated carbocycles. The Balaban J connectivity index is 1.73. The quantitative estimate of drug-likeness (QED) is 0.928. The molecule has 0 unspecified atom stereocenters. The second-order valence-corrected chi connectivity index (χ2v) is 6.57. The van der Waals surface area contributed by atoms with Crippen LogP contribution in [0, 0.1) is 5.92 Å². The van der Waals surface area contributed by atoms with Gasteiger partial charge in [-0.25, -0.2) is 0 Å². The van der Waals surface area contributed by atoms with E-state index < -0.39 is 0 Å². The van der Waals surface area contributed by atoms with Crippen molar-refractivity contribution in [3.05, 3.63) is 34.9 Å². The maximum atomic E-state index is 12.7. The van der Waals surface area contributed by atoms with Crippen molar-refractivity contribution in [1.82, 2.24) is 4.90 Å². The third-order valence-electron chi connectivity index (χ3n) is 4.81. The molecule has 3 atom stereocenters. The minimum absolute atomic E-state index is 0.0127. The molecule has 0 spiro atoms. The van der Waals surface area contributed by atoms with Crippen LogP contribution in [-0.2, 0) is 16.0 Å². The first-order chi connectivity index (χ1) is 10.7. The van der Waals surface area contributed by atoms with Gasteiger partial charge in [-0.15, -0.1) is 0 Å². The van der Waals surface area contributed by atoms with Crippen LogP contribution in [0.5, 0.6) is 0 Å². The maximum Gasteiger partial charge on any atom is 0.227 e. The molecule has 1 aromatic rings. The van der Waals surface area contributed by atoms with Gasteiger partial charge in [-0.1, -0.05) is 36.2 Å². The predicted molar refractivity (Wildman–Crippen MR) is 84.8 cm³/mol. The van der Waals surface area contributed by atoms with Crippen molar-refractivity contribution in [3.8, 4) is 0 Å². The molecule has 0 radical (unpaired) electrons. The van der Waals surface area contributed by atoms with E-state index in [9.17, 15) is 9.90 Å². The molecular formula is C17H22ClNO3. The highest BCUT2D eigenvalue weighted by molar-refractivity contribution is 6.31. The molecule has 0 bridgehead atoms. The first kappa shape index (κ1) is 15.8. The number of amides is 1. The van der Waals surface area contributed by atoms with Crippen LogP contribution < -0.4 is 0 Å². The smallest absolute Gasteiger partial charge is 0.227 e. The highest BCUT2D eigenvalue weighted by atomic mass is 35.5. The van der Waals surface area contributed by atoms with Crippen LogP contribution in [-0.4, -0.2) is 47.8 Å². The Kier molecular flexibility index (Phi) is 5.01. The van der Waals surface area contributed by atoms with E-state index in [4.69, 9.17) is 16.3 Å². The Morgan fingerprint density at radius 2 is 2.18 bits per heavy atom. The second-order valence-electron chi connectivity index (χ2n) is 6.16. The van der Waals surface area contributed by atoms with Gasteiger partial charge in [-0.2, -0.15) is 0 Å². The fourth-order valence-corrected chi connectivity index (χ4v) is 3.81. The Morgan fingerprint density at radius 3 is 2.91 bits per heavy atom. The van der Waals surface area contributed by atoms with Gasteiger partial charge >= 0.3 is 0 Å². The molecule has 1 heterocycles. The van der Waals surface area contributed by atoms with Crippen LogP contribution in [0.3, 0.4) is 0 Å². The van der Waals surface area contributed by atoms with E-state index in [-0.39, 0.29) is 24.0 Å². The Morgan fingerprint density at radius 1 is 1.36 bits per heavy atom. The van der Waals surface area contributed by atoms with Crippen LogP contribution >= 0.6 is 11.6 Å². The minimum Gasteiger partial charge on any atom is -0.393 e.